The Morgan fingerprint density at radius 2 is 1.76 bits per heavy atom. The first kappa shape index (κ1) is 14.3. The van der Waals surface area contributed by atoms with Gasteiger partial charge in [-0.25, -0.2) is 0 Å². The molecule has 1 aliphatic rings. The van der Waals surface area contributed by atoms with Crippen molar-refractivity contribution in [2.24, 2.45) is 0 Å². The van der Waals surface area contributed by atoms with E-state index >= 15 is 0 Å². The fourth-order valence-electron chi connectivity index (χ4n) is 2.37. The van der Waals surface area contributed by atoms with Crippen molar-refractivity contribution in [1.29, 1.82) is 15.8 Å². The average Bonchev–Trinajstić information content (AvgIpc) is 2.70. The lowest BCUT2D eigenvalue weighted by Gasteiger charge is -2.13. The molecule has 0 unspecified atom stereocenters. The third kappa shape index (κ3) is 2.91. The molecule has 1 N–H and O–H groups in total. The first-order valence-corrected chi connectivity index (χ1v) is 6.58. The first-order valence-electron chi connectivity index (χ1n) is 6.58. The molecule has 5 heteroatoms. The number of allylic oxidation sites excluding steroid dienone is 2. The number of anilines is 1. The van der Waals surface area contributed by atoms with Crippen LogP contribution in [0.2, 0.25) is 0 Å². The molecule has 0 heterocycles. The second-order valence-corrected chi connectivity index (χ2v) is 4.67. The number of hydrogen-bond acceptors (Lipinski definition) is 5. The summed E-state index contributed by atoms with van der Waals surface area (Å²) in [6.07, 6.45) is 3.00. The third-order valence-corrected chi connectivity index (χ3v) is 3.40. The van der Waals surface area contributed by atoms with Crippen LogP contribution in [0.25, 0.3) is 0 Å². The van der Waals surface area contributed by atoms with E-state index in [1.165, 1.54) is 0 Å². The molecule has 0 fully saturated rings. The van der Waals surface area contributed by atoms with Gasteiger partial charge in [-0.15, -0.1) is 0 Å². The number of hydrogen-bond donors (Lipinski definition) is 1. The molecule has 0 amide bonds. The van der Waals surface area contributed by atoms with Gasteiger partial charge in [-0.2, -0.15) is 15.8 Å². The van der Waals surface area contributed by atoms with Crippen molar-refractivity contribution in [1.82, 2.24) is 0 Å². The van der Waals surface area contributed by atoms with Gasteiger partial charge in [0.05, 0.1) is 0 Å². The highest BCUT2D eigenvalue weighted by Gasteiger charge is 2.19. The maximum Gasteiger partial charge on any atom is 0.163 e. The minimum absolute atomic E-state index is 0.0921. The van der Waals surface area contributed by atoms with Crippen LogP contribution in [0.1, 0.15) is 35.2 Å². The molecule has 102 valence electrons. The number of ketones is 1. The monoisotopic (exact) mass is 276 g/mol. The number of rotatable bonds is 2. The SMILES string of the molecule is N#CC(C#N)=C(C#N)Nc1cccc2c1CCCCC2=O. The number of nitriles is 3. The zero-order chi connectivity index (χ0) is 15.2. The van der Waals surface area contributed by atoms with Crippen molar-refractivity contribution in [2.45, 2.75) is 25.7 Å². The molecular formula is C16H12N4O. The molecule has 21 heavy (non-hydrogen) atoms. The normalized spacial score (nSPS) is 12.9. The summed E-state index contributed by atoms with van der Waals surface area (Å²) in [6, 6.07) is 10.5. The summed E-state index contributed by atoms with van der Waals surface area (Å²) < 4.78 is 0. The maximum absolute atomic E-state index is 12.0. The zero-order valence-corrected chi connectivity index (χ0v) is 11.3. The smallest absolute Gasteiger partial charge is 0.163 e. The van der Waals surface area contributed by atoms with Crippen LogP contribution < -0.4 is 5.32 Å². The van der Waals surface area contributed by atoms with E-state index in [1.54, 1.807) is 30.3 Å². The Morgan fingerprint density at radius 1 is 1.05 bits per heavy atom. The van der Waals surface area contributed by atoms with Crippen LogP contribution in [0.5, 0.6) is 0 Å². The Labute approximate surface area is 122 Å². The molecule has 0 atom stereocenters. The van der Waals surface area contributed by atoms with Crippen LogP contribution in [0.3, 0.4) is 0 Å². The molecule has 1 aromatic rings. The zero-order valence-electron chi connectivity index (χ0n) is 11.3. The lowest BCUT2D eigenvalue weighted by Crippen LogP contribution is -2.07. The molecule has 0 saturated heterocycles. The number of Topliss-reactive ketones (excluding diaryl/α,β-unsaturated/α-hetero) is 1. The van der Waals surface area contributed by atoms with Crippen LogP contribution in [-0.4, -0.2) is 5.78 Å². The van der Waals surface area contributed by atoms with Crippen LogP contribution >= 0.6 is 0 Å². The first-order chi connectivity index (χ1) is 10.2. The highest BCUT2D eigenvalue weighted by atomic mass is 16.1. The molecule has 5 nitrogen and oxygen atoms in total. The van der Waals surface area contributed by atoms with Crippen LogP contribution in [0.4, 0.5) is 5.69 Å². The van der Waals surface area contributed by atoms with Gasteiger partial charge in [0.2, 0.25) is 0 Å². The number of nitrogens with zero attached hydrogens (tertiary/aromatic N) is 3. The molecule has 0 radical (unpaired) electrons. The van der Waals surface area contributed by atoms with E-state index in [2.05, 4.69) is 5.32 Å². The summed E-state index contributed by atoms with van der Waals surface area (Å²) in [7, 11) is 0. The van der Waals surface area contributed by atoms with Gasteiger partial charge in [0.15, 0.2) is 11.4 Å². The molecule has 2 rings (SSSR count). The molecule has 0 bridgehead atoms. The fraction of sp³-hybridized carbons (Fsp3) is 0.250. The predicted octanol–water partition coefficient (Wildman–Crippen LogP) is 2.83. The van der Waals surface area contributed by atoms with Crippen molar-refractivity contribution in [3.8, 4) is 18.2 Å². The predicted molar refractivity (Wildman–Crippen MR) is 75.8 cm³/mol. The van der Waals surface area contributed by atoms with Gasteiger partial charge in [0.1, 0.15) is 23.9 Å². The average molecular weight is 276 g/mol. The Morgan fingerprint density at radius 3 is 2.43 bits per heavy atom. The summed E-state index contributed by atoms with van der Waals surface area (Å²) in [6.45, 7) is 0. The summed E-state index contributed by atoms with van der Waals surface area (Å²) >= 11 is 0. The third-order valence-electron chi connectivity index (χ3n) is 3.40. The summed E-state index contributed by atoms with van der Waals surface area (Å²) in [5.41, 5.74) is 1.76. The van der Waals surface area contributed by atoms with Crippen molar-refractivity contribution >= 4 is 11.5 Å². The van der Waals surface area contributed by atoms with Crippen molar-refractivity contribution in [3.05, 3.63) is 40.6 Å². The largest absolute Gasteiger partial charge is 0.345 e. The Bertz CT molecular complexity index is 725. The summed E-state index contributed by atoms with van der Waals surface area (Å²) in [5.74, 6) is 0.0921. The Kier molecular flexibility index (Phi) is 4.34. The molecule has 0 aromatic heterocycles. The second-order valence-electron chi connectivity index (χ2n) is 4.67. The molecular weight excluding hydrogens is 264 g/mol. The topological polar surface area (TPSA) is 100 Å². The van der Waals surface area contributed by atoms with Gasteiger partial charge < -0.3 is 5.32 Å². The standard InChI is InChI=1S/C16H12N4O/c17-8-11(9-18)15(10-19)20-14-6-3-5-13-12(14)4-1-2-7-16(13)21/h3,5-6,20H,1-2,4,7H2. The van der Waals surface area contributed by atoms with E-state index in [-0.39, 0.29) is 17.1 Å². The van der Waals surface area contributed by atoms with Crippen LogP contribution in [0.15, 0.2) is 29.5 Å². The Balaban J connectivity index is 2.48. The fourth-order valence-corrected chi connectivity index (χ4v) is 2.37. The number of carbonyl (C=O) groups is 1. The van der Waals surface area contributed by atoms with Crippen molar-refractivity contribution < 1.29 is 4.79 Å². The van der Waals surface area contributed by atoms with Gasteiger partial charge in [0, 0.05) is 17.7 Å². The second kappa shape index (κ2) is 6.37. The molecule has 1 aliphatic carbocycles. The lowest BCUT2D eigenvalue weighted by molar-refractivity contribution is 0.0982. The van der Waals surface area contributed by atoms with Gasteiger partial charge >= 0.3 is 0 Å². The quantitative estimate of drug-likeness (QED) is 0.661. The van der Waals surface area contributed by atoms with E-state index in [1.807, 2.05) is 6.07 Å². The molecule has 1 aromatic carbocycles. The Hall–Kier alpha value is -3.10. The summed E-state index contributed by atoms with van der Waals surface area (Å²) in [4.78, 5) is 12.0. The maximum atomic E-state index is 12.0. The highest BCUT2D eigenvalue weighted by Crippen LogP contribution is 2.28. The number of carbonyl (C=O) groups excluding carboxylic acids is 1. The van der Waals surface area contributed by atoms with Gasteiger partial charge in [-0.05, 0) is 30.9 Å². The molecule has 0 spiro atoms. The van der Waals surface area contributed by atoms with E-state index in [0.717, 1.165) is 24.8 Å². The van der Waals surface area contributed by atoms with Crippen LogP contribution in [-0.2, 0) is 6.42 Å². The van der Waals surface area contributed by atoms with Gasteiger partial charge in [0.25, 0.3) is 0 Å². The highest BCUT2D eigenvalue weighted by molar-refractivity contribution is 5.99. The summed E-state index contributed by atoms with van der Waals surface area (Å²) in [5, 5.41) is 29.6. The van der Waals surface area contributed by atoms with E-state index < -0.39 is 0 Å². The van der Waals surface area contributed by atoms with E-state index in [9.17, 15) is 4.79 Å². The number of nitrogens with one attached hydrogen (secondary N) is 1. The molecule has 0 aliphatic heterocycles. The van der Waals surface area contributed by atoms with E-state index in [0.29, 0.717) is 17.7 Å². The van der Waals surface area contributed by atoms with Crippen molar-refractivity contribution in [2.75, 3.05) is 5.32 Å². The number of fused-ring (bicyclic) bond motifs is 1. The minimum atomic E-state index is -0.268. The lowest BCUT2D eigenvalue weighted by atomic mass is 10.00. The van der Waals surface area contributed by atoms with Gasteiger partial charge in [-0.3, -0.25) is 4.79 Å². The minimum Gasteiger partial charge on any atom is -0.345 e. The van der Waals surface area contributed by atoms with Crippen molar-refractivity contribution in [3.63, 3.8) is 0 Å². The van der Waals surface area contributed by atoms with Gasteiger partial charge in [-0.1, -0.05) is 12.1 Å². The molecule has 0 saturated carbocycles. The van der Waals surface area contributed by atoms with Crippen LogP contribution in [0, 0.1) is 34.0 Å². The number of benzene rings is 1. The van der Waals surface area contributed by atoms with E-state index in [4.69, 9.17) is 15.8 Å².